The lowest BCUT2D eigenvalue weighted by atomic mass is 10.0. The van der Waals surface area contributed by atoms with Gasteiger partial charge in [-0.15, -0.1) is 0 Å². The maximum Gasteiger partial charge on any atom is 0.265 e. The van der Waals surface area contributed by atoms with Crippen LogP contribution in [0.25, 0.3) is 27.5 Å². The topological polar surface area (TPSA) is 95.9 Å². The fourth-order valence-corrected chi connectivity index (χ4v) is 6.23. The highest BCUT2D eigenvalue weighted by Crippen LogP contribution is 2.40. The summed E-state index contributed by atoms with van der Waals surface area (Å²) in [4.78, 5) is 41.1. The summed E-state index contributed by atoms with van der Waals surface area (Å²) in [6, 6.07) is 24.5. The molecule has 202 valence electrons. The summed E-state index contributed by atoms with van der Waals surface area (Å²) >= 11 is 7.24. The highest BCUT2D eigenvalue weighted by Gasteiger charge is 2.27. The van der Waals surface area contributed by atoms with Crippen LogP contribution in [-0.4, -0.2) is 26.1 Å². The Kier molecular flexibility index (Phi) is 6.05. The number of hydrogen-bond donors (Lipinski definition) is 2. The van der Waals surface area contributed by atoms with E-state index in [1.165, 1.54) is 18.0 Å². The Balaban J connectivity index is 1.46. The molecule has 0 fully saturated rings. The lowest BCUT2D eigenvalue weighted by Gasteiger charge is -2.26. The molecule has 4 heterocycles. The molecular formula is C32H25ClN6O2. The molecule has 0 radical (unpaired) electrons. The minimum absolute atomic E-state index is 0.176. The maximum atomic E-state index is 14.6. The third-order valence-corrected chi connectivity index (χ3v) is 8.06. The first-order valence-corrected chi connectivity index (χ1v) is 13.8. The molecule has 1 aliphatic heterocycles. The Bertz CT molecular complexity index is 2070. The van der Waals surface area contributed by atoms with E-state index in [1.54, 1.807) is 10.8 Å². The van der Waals surface area contributed by atoms with Crippen LogP contribution in [0, 0.1) is 0 Å². The second-order valence-corrected chi connectivity index (χ2v) is 10.4. The second kappa shape index (κ2) is 9.91. The molecule has 3 aromatic heterocycles. The van der Waals surface area contributed by atoms with E-state index >= 15 is 0 Å². The van der Waals surface area contributed by atoms with Gasteiger partial charge in [0.25, 0.3) is 5.56 Å². The first-order chi connectivity index (χ1) is 20.0. The normalized spacial score (nSPS) is 13.5. The molecule has 0 saturated heterocycles. The van der Waals surface area contributed by atoms with Gasteiger partial charge in [0.15, 0.2) is 5.43 Å². The average molecular weight is 561 g/mol. The first kappa shape index (κ1) is 25.0. The van der Waals surface area contributed by atoms with Crippen LogP contribution in [0.2, 0.25) is 5.02 Å². The SMILES string of the molecule is C[C@H](Nc1ncnc2[nH]ccc(=O)c12)c1c(Cl)c2cccc(N3CCc4ccccc43)c2c(=O)n1-c1ccccc1. The molecule has 0 aliphatic carbocycles. The third kappa shape index (κ3) is 4.06. The van der Waals surface area contributed by atoms with Crippen molar-refractivity contribution in [2.75, 3.05) is 16.8 Å². The lowest BCUT2D eigenvalue weighted by Crippen LogP contribution is -2.28. The summed E-state index contributed by atoms with van der Waals surface area (Å²) < 4.78 is 1.67. The molecule has 0 amide bonds. The van der Waals surface area contributed by atoms with Crippen molar-refractivity contribution in [1.29, 1.82) is 0 Å². The summed E-state index contributed by atoms with van der Waals surface area (Å²) in [5.74, 6) is 0.356. The maximum absolute atomic E-state index is 14.6. The molecule has 3 aromatic carbocycles. The third-order valence-electron chi connectivity index (χ3n) is 7.67. The number of pyridine rings is 2. The Morgan fingerprint density at radius 3 is 2.54 bits per heavy atom. The predicted octanol–water partition coefficient (Wildman–Crippen LogP) is 6.14. The van der Waals surface area contributed by atoms with Crippen LogP contribution >= 0.6 is 11.6 Å². The number of hydrogen-bond acceptors (Lipinski definition) is 6. The highest BCUT2D eigenvalue weighted by molar-refractivity contribution is 6.36. The van der Waals surface area contributed by atoms with Crippen LogP contribution in [0.5, 0.6) is 0 Å². The van der Waals surface area contributed by atoms with Crippen molar-refractivity contribution in [2.24, 2.45) is 0 Å². The number of rotatable bonds is 5. The summed E-state index contributed by atoms with van der Waals surface area (Å²) in [5, 5.41) is 5.35. The quantitative estimate of drug-likeness (QED) is 0.263. The Morgan fingerprint density at radius 1 is 0.902 bits per heavy atom. The van der Waals surface area contributed by atoms with E-state index in [0.29, 0.717) is 44.0 Å². The van der Waals surface area contributed by atoms with Crippen LogP contribution in [0.15, 0.2) is 101 Å². The number of aromatic amines is 1. The number of aromatic nitrogens is 4. The monoisotopic (exact) mass is 560 g/mol. The minimum Gasteiger partial charge on any atom is -0.361 e. The molecule has 41 heavy (non-hydrogen) atoms. The summed E-state index contributed by atoms with van der Waals surface area (Å²) in [6.45, 7) is 2.67. The zero-order valence-electron chi connectivity index (χ0n) is 22.1. The largest absolute Gasteiger partial charge is 0.361 e. The Morgan fingerprint density at radius 2 is 1.68 bits per heavy atom. The molecule has 9 heteroatoms. The predicted molar refractivity (Wildman–Crippen MR) is 164 cm³/mol. The van der Waals surface area contributed by atoms with E-state index in [4.69, 9.17) is 11.6 Å². The summed E-state index contributed by atoms with van der Waals surface area (Å²) in [6.07, 6.45) is 3.84. The molecule has 7 rings (SSSR count). The van der Waals surface area contributed by atoms with E-state index in [2.05, 4.69) is 37.3 Å². The van der Waals surface area contributed by atoms with Gasteiger partial charge in [0.1, 0.15) is 23.2 Å². The molecule has 0 spiro atoms. The van der Waals surface area contributed by atoms with Gasteiger partial charge in [0, 0.05) is 35.6 Å². The number of benzene rings is 3. The molecule has 1 aliphatic rings. The van der Waals surface area contributed by atoms with Gasteiger partial charge in [0.2, 0.25) is 0 Å². The lowest BCUT2D eigenvalue weighted by molar-refractivity contribution is 0.774. The zero-order chi connectivity index (χ0) is 28.1. The van der Waals surface area contributed by atoms with E-state index in [-0.39, 0.29) is 11.0 Å². The molecule has 0 bridgehead atoms. The van der Waals surface area contributed by atoms with Gasteiger partial charge in [-0.3, -0.25) is 14.2 Å². The van der Waals surface area contributed by atoms with Crippen molar-refractivity contribution in [3.05, 3.63) is 128 Å². The summed E-state index contributed by atoms with van der Waals surface area (Å²) in [7, 11) is 0. The minimum atomic E-state index is -0.506. The molecule has 2 N–H and O–H groups in total. The van der Waals surface area contributed by atoms with Crippen molar-refractivity contribution in [1.82, 2.24) is 19.5 Å². The standard InChI is InChI=1S/C32H25ClN6O2/c1-19(37-31-27-25(40)14-16-34-30(27)35-18-36-31)29-28(33)22-11-7-13-24(38-17-15-20-8-5-6-12-23(20)38)26(22)32(41)39(29)21-9-3-2-4-10-21/h2-14,16,18-19H,15,17H2,1H3,(H2,34,35,36,37,40)/t19-/m0/s1. The van der Waals surface area contributed by atoms with Crippen LogP contribution in [-0.2, 0) is 6.42 Å². The van der Waals surface area contributed by atoms with E-state index in [0.717, 1.165) is 24.3 Å². The molecular weight excluding hydrogens is 536 g/mol. The fraction of sp³-hybridized carbons (Fsp3) is 0.125. The number of nitrogens with one attached hydrogen (secondary N) is 2. The van der Waals surface area contributed by atoms with Gasteiger partial charge in [0.05, 0.1) is 27.8 Å². The van der Waals surface area contributed by atoms with Crippen LogP contribution < -0.4 is 21.2 Å². The van der Waals surface area contributed by atoms with Crippen LogP contribution in [0.4, 0.5) is 17.2 Å². The van der Waals surface area contributed by atoms with Crippen molar-refractivity contribution in [3.63, 3.8) is 0 Å². The number of fused-ring (bicyclic) bond motifs is 3. The highest BCUT2D eigenvalue weighted by atomic mass is 35.5. The molecule has 1 atom stereocenters. The second-order valence-electron chi connectivity index (χ2n) is 10.1. The fourth-order valence-electron chi connectivity index (χ4n) is 5.83. The van der Waals surface area contributed by atoms with Crippen molar-refractivity contribution in [3.8, 4) is 5.69 Å². The summed E-state index contributed by atoms with van der Waals surface area (Å²) in [5.41, 5.74) is 4.45. The van der Waals surface area contributed by atoms with E-state index in [1.807, 2.05) is 67.6 Å². The van der Waals surface area contributed by atoms with E-state index < -0.39 is 6.04 Å². The smallest absolute Gasteiger partial charge is 0.265 e. The number of anilines is 3. The molecule has 6 aromatic rings. The van der Waals surface area contributed by atoms with Crippen LogP contribution in [0.3, 0.4) is 0 Å². The number of nitrogens with zero attached hydrogens (tertiary/aromatic N) is 4. The molecule has 8 nitrogen and oxygen atoms in total. The zero-order valence-corrected chi connectivity index (χ0v) is 22.9. The van der Waals surface area contributed by atoms with E-state index in [9.17, 15) is 9.59 Å². The van der Waals surface area contributed by atoms with Gasteiger partial charge in [-0.05, 0) is 43.2 Å². The number of para-hydroxylation sites is 2. The van der Waals surface area contributed by atoms with Crippen LogP contribution in [0.1, 0.15) is 24.2 Å². The van der Waals surface area contributed by atoms with Crippen molar-refractivity contribution in [2.45, 2.75) is 19.4 Å². The van der Waals surface area contributed by atoms with Gasteiger partial charge >= 0.3 is 0 Å². The van der Waals surface area contributed by atoms with Gasteiger partial charge < -0.3 is 15.2 Å². The molecule has 0 saturated carbocycles. The average Bonchev–Trinajstić information content (AvgIpc) is 3.43. The number of halogens is 1. The first-order valence-electron chi connectivity index (χ1n) is 13.4. The number of H-pyrrole nitrogens is 1. The van der Waals surface area contributed by atoms with Crippen molar-refractivity contribution < 1.29 is 0 Å². The van der Waals surface area contributed by atoms with Gasteiger partial charge in [-0.2, -0.15) is 0 Å². The molecule has 0 unspecified atom stereocenters. The Labute approximate surface area is 239 Å². The van der Waals surface area contributed by atoms with Gasteiger partial charge in [-0.25, -0.2) is 9.97 Å². The van der Waals surface area contributed by atoms with Crippen molar-refractivity contribution >= 4 is 50.6 Å². The Hall–Kier alpha value is -4.95. The van der Waals surface area contributed by atoms with Gasteiger partial charge in [-0.1, -0.05) is 60.1 Å².